The minimum atomic E-state index is 0.399. The molecule has 1 aliphatic rings. The number of rotatable bonds is 3. The summed E-state index contributed by atoms with van der Waals surface area (Å²) in [4.78, 5) is 4.13. The molecule has 0 bridgehead atoms. The molecule has 3 nitrogen and oxygen atoms in total. The number of aryl methyl sites for hydroxylation is 1. The highest BCUT2D eigenvalue weighted by molar-refractivity contribution is 5.26. The number of nitrogens with zero attached hydrogens (tertiary/aromatic N) is 1. The molecule has 0 aromatic carbocycles. The summed E-state index contributed by atoms with van der Waals surface area (Å²) in [6.07, 6.45) is 4.94. The molecule has 0 amide bonds. The third-order valence-electron chi connectivity index (χ3n) is 3.15. The SMILES string of the molecule is CNC(c1ccncc1C)C1CCOC1. The molecule has 1 aromatic heterocycles. The summed E-state index contributed by atoms with van der Waals surface area (Å²) < 4.78 is 5.45. The molecule has 2 heterocycles. The van der Waals surface area contributed by atoms with Crippen molar-refractivity contribution in [2.24, 2.45) is 5.92 Å². The first-order valence-electron chi connectivity index (χ1n) is 5.48. The van der Waals surface area contributed by atoms with E-state index < -0.39 is 0 Å². The molecule has 0 spiro atoms. The van der Waals surface area contributed by atoms with E-state index in [-0.39, 0.29) is 0 Å². The van der Waals surface area contributed by atoms with Crippen LogP contribution in [0, 0.1) is 12.8 Å². The molecule has 1 saturated heterocycles. The lowest BCUT2D eigenvalue weighted by atomic mass is 9.91. The Morgan fingerprint density at radius 2 is 2.47 bits per heavy atom. The Balaban J connectivity index is 2.22. The highest BCUT2D eigenvalue weighted by Crippen LogP contribution is 2.29. The van der Waals surface area contributed by atoms with Gasteiger partial charge in [-0.2, -0.15) is 0 Å². The van der Waals surface area contributed by atoms with Gasteiger partial charge in [-0.25, -0.2) is 0 Å². The second kappa shape index (κ2) is 4.73. The van der Waals surface area contributed by atoms with Crippen molar-refractivity contribution in [2.45, 2.75) is 19.4 Å². The Kier molecular flexibility index (Phi) is 3.34. The van der Waals surface area contributed by atoms with E-state index in [1.54, 1.807) is 0 Å². The van der Waals surface area contributed by atoms with Crippen LogP contribution in [0.4, 0.5) is 0 Å². The number of hydrogen-bond acceptors (Lipinski definition) is 3. The molecular weight excluding hydrogens is 188 g/mol. The average Bonchev–Trinajstić information content (AvgIpc) is 2.75. The fourth-order valence-electron chi connectivity index (χ4n) is 2.29. The van der Waals surface area contributed by atoms with Gasteiger partial charge in [-0.05, 0) is 37.6 Å². The summed E-state index contributed by atoms with van der Waals surface area (Å²) in [5.74, 6) is 0.594. The zero-order valence-corrected chi connectivity index (χ0v) is 9.36. The highest BCUT2D eigenvalue weighted by atomic mass is 16.5. The van der Waals surface area contributed by atoms with Crippen LogP contribution in [0.25, 0.3) is 0 Å². The van der Waals surface area contributed by atoms with Crippen LogP contribution in [-0.4, -0.2) is 25.2 Å². The lowest BCUT2D eigenvalue weighted by Crippen LogP contribution is -2.26. The summed E-state index contributed by atoms with van der Waals surface area (Å²) >= 11 is 0. The van der Waals surface area contributed by atoms with Gasteiger partial charge in [-0.15, -0.1) is 0 Å². The Hall–Kier alpha value is -0.930. The van der Waals surface area contributed by atoms with E-state index in [2.05, 4.69) is 23.3 Å². The van der Waals surface area contributed by atoms with Gasteiger partial charge in [-0.3, -0.25) is 4.98 Å². The van der Waals surface area contributed by atoms with Gasteiger partial charge in [0.1, 0.15) is 0 Å². The number of hydrogen-bond donors (Lipinski definition) is 1. The van der Waals surface area contributed by atoms with E-state index in [9.17, 15) is 0 Å². The first-order valence-corrected chi connectivity index (χ1v) is 5.48. The third-order valence-corrected chi connectivity index (χ3v) is 3.15. The van der Waals surface area contributed by atoms with Crippen molar-refractivity contribution in [3.63, 3.8) is 0 Å². The molecule has 2 rings (SSSR count). The summed E-state index contributed by atoms with van der Waals surface area (Å²) in [5, 5.41) is 3.39. The molecule has 1 aliphatic heterocycles. The molecule has 15 heavy (non-hydrogen) atoms. The van der Waals surface area contributed by atoms with Gasteiger partial charge in [0.05, 0.1) is 6.61 Å². The maximum atomic E-state index is 5.45. The third kappa shape index (κ3) is 2.19. The van der Waals surface area contributed by atoms with Crippen molar-refractivity contribution in [1.29, 1.82) is 0 Å². The van der Waals surface area contributed by atoms with Crippen LogP contribution in [0.2, 0.25) is 0 Å². The Morgan fingerprint density at radius 1 is 1.60 bits per heavy atom. The Labute approximate surface area is 90.9 Å². The van der Waals surface area contributed by atoms with Crippen LogP contribution in [-0.2, 0) is 4.74 Å². The average molecular weight is 206 g/mol. The Morgan fingerprint density at radius 3 is 3.07 bits per heavy atom. The second-order valence-corrected chi connectivity index (χ2v) is 4.12. The normalized spacial score (nSPS) is 22.9. The predicted octanol–water partition coefficient (Wildman–Crippen LogP) is 1.69. The molecule has 1 aromatic rings. The topological polar surface area (TPSA) is 34.2 Å². The summed E-state index contributed by atoms with van der Waals surface area (Å²) in [6.45, 7) is 3.88. The molecule has 1 N–H and O–H groups in total. The Bertz CT molecular complexity index is 321. The van der Waals surface area contributed by atoms with Crippen LogP contribution in [0.15, 0.2) is 18.5 Å². The quantitative estimate of drug-likeness (QED) is 0.817. The van der Waals surface area contributed by atoms with Crippen LogP contribution >= 0.6 is 0 Å². The van der Waals surface area contributed by atoms with Gasteiger partial charge >= 0.3 is 0 Å². The standard InChI is InChI=1S/C12H18N2O/c1-9-7-14-5-3-11(9)12(13-2)10-4-6-15-8-10/h3,5,7,10,12-13H,4,6,8H2,1-2H3. The fourth-order valence-corrected chi connectivity index (χ4v) is 2.29. The van der Waals surface area contributed by atoms with Crippen LogP contribution in [0.3, 0.4) is 0 Å². The smallest absolute Gasteiger partial charge is 0.0513 e. The molecule has 1 fully saturated rings. The maximum absolute atomic E-state index is 5.45. The molecule has 0 radical (unpaired) electrons. The number of pyridine rings is 1. The van der Waals surface area contributed by atoms with E-state index in [0.717, 1.165) is 19.6 Å². The number of nitrogens with one attached hydrogen (secondary N) is 1. The van der Waals surface area contributed by atoms with Crippen LogP contribution in [0.1, 0.15) is 23.6 Å². The molecule has 3 heteroatoms. The van der Waals surface area contributed by atoms with E-state index in [0.29, 0.717) is 12.0 Å². The first kappa shape index (κ1) is 10.6. The van der Waals surface area contributed by atoms with Crippen LogP contribution < -0.4 is 5.32 Å². The monoisotopic (exact) mass is 206 g/mol. The van der Waals surface area contributed by atoms with Gasteiger partial charge < -0.3 is 10.1 Å². The van der Waals surface area contributed by atoms with Crippen molar-refractivity contribution in [2.75, 3.05) is 20.3 Å². The van der Waals surface area contributed by atoms with E-state index >= 15 is 0 Å². The first-order chi connectivity index (χ1) is 7.33. The minimum absolute atomic E-state index is 0.399. The summed E-state index contributed by atoms with van der Waals surface area (Å²) in [7, 11) is 2.02. The van der Waals surface area contributed by atoms with E-state index in [1.807, 2.05) is 19.4 Å². The summed E-state index contributed by atoms with van der Waals surface area (Å²) in [6, 6.07) is 2.50. The number of aromatic nitrogens is 1. The lowest BCUT2D eigenvalue weighted by Gasteiger charge is -2.23. The van der Waals surface area contributed by atoms with Crippen molar-refractivity contribution in [3.8, 4) is 0 Å². The lowest BCUT2D eigenvalue weighted by molar-refractivity contribution is 0.177. The second-order valence-electron chi connectivity index (χ2n) is 4.12. The minimum Gasteiger partial charge on any atom is -0.381 e. The largest absolute Gasteiger partial charge is 0.381 e. The van der Waals surface area contributed by atoms with E-state index in [4.69, 9.17) is 4.74 Å². The maximum Gasteiger partial charge on any atom is 0.0513 e. The van der Waals surface area contributed by atoms with Crippen molar-refractivity contribution in [3.05, 3.63) is 29.6 Å². The van der Waals surface area contributed by atoms with Gasteiger partial charge in [0.15, 0.2) is 0 Å². The molecule has 0 aliphatic carbocycles. The molecule has 82 valence electrons. The summed E-state index contributed by atoms with van der Waals surface area (Å²) in [5.41, 5.74) is 2.60. The van der Waals surface area contributed by atoms with E-state index in [1.165, 1.54) is 11.1 Å². The van der Waals surface area contributed by atoms with Gasteiger partial charge in [0.2, 0.25) is 0 Å². The van der Waals surface area contributed by atoms with Gasteiger partial charge in [-0.1, -0.05) is 0 Å². The fraction of sp³-hybridized carbons (Fsp3) is 0.583. The predicted molar refractivity (Wildman–Crippen MR) is 59.7 cm³/mol. The van der Waals surface area contributed by atoms with Crippen LogP contribution in [0.5, 0.6) is 0 Å². The molecule has 2 atom stereocenters. The van der Waals surface area contributed by atoms with Gasteiger partial charge in [0, 0.05) is 31.0 Å². The molecular formula is C12H18N2O. The van der Waals surface area contributed by atoms with Crippen molar-refractivity contribution in [1.82, 2.24) is 10.3 Å². The molecule has 0 saturated carbocycles. The van der Waals surface area contributed by atoms with Gasteiger partial charge in [0.25, 0.3) is 0 Å². The zero-order chi connectivity index (χ0) is 10.7. The van der Waals surface area contributed by atoms with Crippen molar-refractivity contribution >= 4 is 0 Å². The highest BCUT2D eigenvalue weighted by Gasteiger charge is 2.26. The van der Waals surface area contributed by atoms with Crippen molar-refractivity contribution < 1.29 is 4.74 Å². The molecule has 2 unspecified atom stereocenters. The zero-order valence-electron chi connectivity index (χ0n) is 9.36. The number of ether oxygens (including phenoxy) is 1.